The first-order chi connectivity index (χ1) is 10.6. The van der Waals surface area contributed by atoms with Crippen LogP contribution in [-0.4, -0.2) is 31.1 Å². The van der Waals surface area contributed by atoms with Crippen LogP contribution in [0, 0.1) is 0 Å². The van der Waals surface area contributed by atoms with Crippen molar-refractivity contribution in [2.75, 3.05) is 0 Å². The monoisotopic (exact) mass is 296 g/mol. The van der Waals surface area contributed by atoms with Gasteiger partial charge in [-0.05, 0) is 12.1 Å². The van der Waals surface area contributed by atoms with Crippen LogP contribution in [0.5, 0.6) is 17.2 Å². The molecule has 0 saturated heterocycles. The second kappa shape index (κ2) is 5.25. The van der Waals surface area contributed by atoms with Gasteiger partial charge in [0, 0.05) is 11.1 Å². The van der Waals surface area contributed by atoms with E-state index in [9.17, 15) is 20.1 Å². The van der Waals surface area contributed by atoms with Gasteiger partial charge in [0.05, 0.1) is 6.20 Å². The van der Waals surface area contributed by atoms with E-state index in [0.29, 0.717) is 5.82 Å². The van der Waals surface area contributed by atoms with Gasteiger partial charge in [-0.15, -0.1) is 0 Å². The number of hydrogen-bond donors (Lipinski definition) is 4. The van der Waals surface area contributed by atoms with Crippen molar-refractivity contribution in [2.24, 2.45) is 0 Å². The molecule has 6 nitrogen and oxygen atoms in total. The molecule has 3 rings (SSSR count). The summed E-state index contributed by atoms with van der Waals surface area (Å²) in [6, 6.07) is 11.5. The number of nitrogens with one attached hydrogen (secondary N) is 1. The lowest BCUT2D eigenvalue weighted by Crippen LogP contribution is -2.01. The second-order valence-electron chi connectivity index (χ2n) is 4.70. The quantitative estimate of drug-likeness (QED) is 0.438. The SMILES string of the molecule is O=C(c1cc(O)c(O)c(O)c1)c1cnc(-c2ccccc2)[nH]1. The number of rotatable bonds is 3. The molecular formula is C16H12N2O4. The maximum absolute atomic E-state index is 12.3. The maximum atomic E-state index is 12.3. The number of ketones is 1. The Morgan fingerprint density at radius 2 is 1.64 bits per heavy atom. The summed E-state index contributed by atoms with van der Waals surface area (Å²) in [5.74, 6) is -1.71. The van der Waals surface area contributed by atoms with E-state index in [1.165, 1.54) is 6.20 Å². The summed E-state index contributed by atoms with van der Waals surface area (Å²) in [4.78, 5) is 19.4. The highest BCUT2D eigenvalue weighted by molar-refractivity contribution is 6.08. The van der Waals surface area contributed by atoms with Crippen LogP contribution in [0.4, 0.5) is 0 Å². The van der Waals surface area contributed by atoms with Crippen LogP contribution in [0.15, 0.2) is 48.7 Å². The van der Waals surface area contributed by atoms with Crippen molar-refractivity contribution in [1.29, 1.82) is 0 Å². The number of benzene rings is 2. The summed E-state index contributed by atoms with van der Waals surface area (Å²) >= 11 is 0. The van der Waals surface area contributed by atoms with E-state index in [4.69, 9.17) is 0 Å². The van der Waals surface area contributed by atoms with Crippen molar-refractivity contribution in [3.05, 3.63) is 59.9 Å². The number of hydrogen-bond acceptors (Lipinski definition) is 5. The molecule has 0 aliphatic carbocycles. The minimum atomic E-state index is -0.661. The average Bonchev–Trinajstić information content (AvgIpc) is 3.02. The van der Waals surface area contributed by atoms with Crippen molar-refractivity contribution in [2.45, 2.75) is 0 Å². The summed E-state index contributed by atoms with van der Waals surface area (Å²) in [5, 5.41) is 28.2. The first kappa shape index (κ1) is 13.7. The summed E-state index contributed by atoms with van der Waals surface area (Å²) in [5.41, 5.74) is 1.08. The molecule has 0 atom stereocenters. The predicted molar refractivity (Wildman–Crippen MR) is 78.9 cm³/mol. The number of aromatic hydroxyl groups is 3. The molecule has 6 heteroatoms. The molecule has 0 aliphatic heterocycles. The Morgan fingerprint density at radius 3 is 2.27 bits per heavy atom. The molecular weight excluding hydrogens is 284 g/mol. The number of carbonyl (C=O) groups is 1. The molecule has 1 aromatic heterocycles. The van der Waals surface area contributed by atoms with Crippen LogP contribution in [0.25, 0.3) is 11.4 Å². The first-order valence-electron chi connectivity index (χ1n) is 6.46. The first-order valence-corrected chi connectivity index (χ1v) is 6.46. The molecule has 0 aliphatic rings. The minimum absolute atomic E-state index is 0.0380. The Labute approximate surface area is 125 Å². The number of phenolic OH excluding ortho intramolecular Hbond substituents is 3. The van der Waals surface area contributed by atoms with E-state index >= 15 is 0 Å². The lowest BCUT2D eigenvalue weighted by Gasteiger charge is -2.04. The zero-order valence-corrected chi connectivity index (χ0v) is 11.3. The van der Waals surface area contributed by atoms with Gasteiger partial charge in [-0.2, -0.15) is 0 Å². The molecule has 0 bridgehead atoms. The van der Waals surface area contributed by atoms with E-state index in [2.05, 4.69) is 9.97 Å². The van der Waals surface area contributed by atoms with E-state index in [0.717, 1.165) is 17.7 Å². The highest BCUT2D eigenvalue weighted by Gasteiger charge is 2.17. The smallest absolute Gasteiger partial charge is 0.211 e. The Bertz CT molecular complexity index is 817. The Hall–Kier alpha value is -3.28. The molecule has 0 fully saturated rings. The Balaban J connectivity index is 1.95. The largest absolute Gasteiger partial charge is 0.504 e. The van der Waals surface area contributed by atoms with E-state index in [-0.39, 0.29) is 11.3 Å². The Kier molecular flexibility index (Phi) is 3.27. The van der Waals surface area contributed by atoms with Gasteiger partial charge in [0.25, 0.3) is 0 Å². The zero-order valence-electron chi connectivity index (χ0n) is 11.3. The van der Waals surface area contributed by atoms with Gasteiger partial charge in [0.15, 0.2) is 17.2 Å². The van der Waals surface area contributed by atoms with Crippen molar-refractivity contribution in [1.82, 2.24) is 9.97 Å². The molecule has 110 valence electrons. The molecule has 22 heavy (non-hydrogen) atoms. The van der Waals surface area contributed by atoms with E-state index in [1.54, 1.807) is 0 Å². The lowest BCUT2D eigenvalue weighted by atomic mass is 10.1. The molecule has 0 spiro atoms. The number of carbonyl (C=O) groups excluding carboxylic acids is 1. The summed E-state index contributed by atoms with van der Waals surface area (Å²) < 4.78 is 0. The van der Waals surface area contributed by atoms with Crippen LogP contribution in [-0.2, 0) is 0 Å². The number of phenols is 3. The van der Waals surface area contributed by atoms with Crippen molar-refractivity contribution >= 4 is 5.78 Å². The topological polar surface area (TPSA) is 106 Å². The fourth-order valence-corrected chi connectivity index (χ4v) is 2.07. The standard InChI is InChI=1S/C16H12N2O4/c19-12-6-10(7-13(20)15(12)22)14(21)11-8-17-16(18-11)9-4-2-1-3-5-9/h1-8,19-20,22H,(H,17,18). The molecule has 0 unspecified atom stereocenters. The van der Waals surface area contributed by atoms with E-state index in [1.807, 2.05) is 30.3 Å². The third-order valence-electron chi connectivity index (χ3n) is 3.20. The fraction of sp³-hybridized carbons (Fsp3) is 0. The lowest BCUT2D eigenvalue weighted by molar-refractivity contribution is 0.103. The number of aromatic nitrogens is 2. The van der Waals surface area contributed by atoms with Crippen LogP contribution in [0.2, 0.25) is 0 Å². The zero-order chi connectivity index (χ0) is 15.7. The number of aromatic amines is 1. The van der Waals surface area contributed by atoms with Crippen LogP contribution < -0.4 is 0 Å². The predicted octanol–water partition coefficient (Wildman–Crippen LogP) is 2.42. The van der Waals surface area contributed by atoms with Crippen LogP contribution in [0.3, 0.4) is 0 Å². The fourth-order valence-electron chi connectivity index (χ4n) is 2.07. The minimum Gasteiger partial charge on any atom is -0.504 e. The number of imidazole rings is 1. The molecule has 0 saturated carbocycles. The summed E-state index contributed by atoms with van der Waals surface area (Å²) in [6.45, 7) is 0. The van der Waals surface area contributed by atoms with Gasteiger partial charge in [0.2, 0.25) is 5.78 Å². The third kappa shape index (κ3) is 2.37. The molecule has 0 radical (unpaired) electrons. The van der Waals surface area contributed by atoms with Gasteiger partial charge in [-0.25, -0.2) is 4.98 Å². The van der Waals surface area contributed by atoms with Crippen molar-refractivity contribution in [3.63, 3.8) is 0 Å². The van der Waals surface area contributed by atoms with Gasteiger partial charge in [-0.3, -0.25) is 4.79 Å². The molecule has 3 aromatic rings. The summed E-state index contributed by atoms with van der Waals surface area (Å²) in [7, 11) is 0. The summed E-state index contributed by atoms with van der Waals surface area (Å²) in [6.07, 6.45) is 1.38. The van der Waals surface area contributed by atoms with Gasteiger partial charge >= 0.3 is 0 Å². The second-order valence-corrected chi connectivity index (χ2v) is 4.70. The molecule has 0 amide bonds. The van der Waals surface area contributed by atoms with Gasteiger partial charge in [-0.1, -0.05) is 30.3 Å². The molecule has 1 heterocycles. The molecule has 2 aromatic carbocycles. The van der Waals surface area contributed by atoms with Crippen molar-refractivity contribution in [3.8, 4) is 28.6 Å². The van der Waals surface area contributed by atoms with Gasteiger partial charge < -0.3 is 20.3 Å². The van der Waals surface area contributed by atoms with Crippen molar-refractivity contribution < 1.29 is 20.1 Å². The third-order valence-corrected chi connectivity index (χ3v) is 3.20. The van der Waals surface area contributed by atoms with E-state index < -0.39 is 23.0 Å². The van der Waals surface area contributed by atoms with Crippen LogP contribution >= 0.6 is 0 Å². The van der Waals surface area contributed by atoms with Crippen LogP contribution in [0.1, 0.15) is 16.1 Å². The Morgan fingerprint density at radius 1 is 1.00 bits per heavy atom. The normalized spacial score (nSPS) is 10.5. The van der Waals surface area contributed by atoms with Gasteiger partial charge in [0.1, 0.15) is 11.5 Å². The highest BCUT2D eigenvalue weighted by Crippen LogP contribution is 2.35. The maximum Gasteiger partial charge on any atom is 0.211 e. The molecule has 4 N–H and O–H groups in total. The highest BCUT2D eigenvalue weighted by atomic mass is 16.3. The number of nitrogens with zero attached hydrogens (tertiary/aromatic N) is 1. The average molecular weight is 296 g/mol. The number of H-pyrrole nitrogens is 1.